The molecule has 3 atom stereocenters. The summed E-state index contributed by atoms with van der Waals surface area (Å²) in [7, 11) is -3.54. The molecule has 0 spiro atoms. The highest BCUT2D eigenvalue weighted by atomic mass is 32.2. The topological polar surface area (TPSA) is 74.7 Å². The summed E-state index contributed by atoms with van der Waals surface area (Å²) in [6.07, 6.45) is 1.07. The average Bonchev–Trinajstić information content (AvgIpc) is 2.25. The third-order valence-electron chi connectivity index (χ3n) is 3.44. The number of amides is 1. The van der Waals surface area contributed by atoms with Crippen LogP contribution in [0.25, 0.3) is 0 Å². The number of hydrogen-bond acceptors (Lipinski definition) is 4. The van der Waals surface area contributed by atoms with E-state index in [0.29, 0.717) is 24.9 Å². The van der Waals surface area contributed by atoms with Gasteiger partial charge in [0.2, 0.25) is 5.91 Å². The molecule has 1 aliphatic rings. The number of sulfone groups is 1. The molecule has 0 aromatic rings. The lowest BCUT2D eigenvalue weighted by atomic mass is 9.92. The minimum atomic E-state index is -3.54. The van der Waals surface area contributed by atoms with Crippen molar-refractivity contribution in [1.82, 2.24) is 4.90 Å². The van der Waals surface area contributed by atoms with Gasteiger partial charge in [0.25, 0.3) is 0 Å². The van der Waals surface area contributed by atoms with Gasteiger partial charge in [-0.05, 0) is 25.2 Å². The van der Waals surface area contributed by atoms with Crippen molar-refractivity contribution in [3.63, 3.8) is 0 Å². The van der Waals surface area contributed by atoms with E-state index in [-0.39, 0.29) is 11.7 Å². The third kappa shape index (κ3) is 3.68. The highest BCUT2D eigenvalue weighted by Crippen LogP contribution is 2.22. The molecular weight excluding hydrogens is 254 g/mol. The third-order valence-corrected chi connectivity index (χ3v) is 5.47. The first-order valence-electron chi connectivity index (χ1n) is 6.39. The van der Waals surface area contributed by atoms with Crippen molar-refractivity contribution in [2.45, 2.75) is 32.4 Å². The molecule has 0 unspecified atom stereocenters. The molecule has 0 aromatic heterocycles. The first-order chi connectivity index (χ1) is 8.27. The van der Waals surface area contributed by atoms with Crippen LogP contribution in [0.15, 0.2) is 0 Å². The van der Waals surface area contributed by atoms with E-state index in [9.17, 15) is 13.2 Å². The van der Waals surface area contributed by atoms with Crippen molar-refractivity contribution in [1.29, 1.82) is 0 Å². The molecule has 6 heteroatoms. The zero-order chi connectivity index (χ0) is 13.9. The van der Waals surface area contributed by atoms with Crippen LogP contribution in [0.4, 0.5) is 0 Å². The Morgan fingerprint density at radius 2 is 1.83 bits per heavy atom. The standard InChI is InChI=1S/C12H23NO4S/c1-9-6-10(2)8-13(7-9)12(15)11(3)18(16,17)5-4-14/h9-11,14H,4-8H2,1-3H3/t9-,10+,11-/m1/s1. The molecule has 1 fully saturated rings. The fraction of sp³-hybridized carbons (Fsp3) is 0.917. The molecule has 1 saturated heterocycles. The van der Waals surface area contributed by atoms with Crippen LogP contribution in [-0.2, 0) is 14.6 Å². The van der Waals surface area contributed by atoms with E-state index in [1.54, 1.807) is 4.90 Å². The Hall–Kier alpha value is -0.620. The summed E-state index contributed by atoms with van der Waals surface area (Å²) >= 11 is 0. The maximum absolute atomic E-state index is 12.2. The van der Waals surface area contributed by atoms with Crippen LogP contribution in [0.2, 0.25) is 0 Å². The summed E-state index contributed by atoms with van der Waals surface area (Å²) in [5, 5.41) is 7.67. The Balaban J connectivity index is 2.75. The van der Waals surface area contributed by atoms with E-state index in [1.807, 2.05) is 0 Å². The van der Waals surface area contributed by atoms with Gasteiger partial charge in [0.15, 0.2) is 9.84 Å². The Morgan fingerprint density at radius 3 is 2.28 bits per heavy atom. The molecule has 0 saturated carbocycles. The molecule has 0 aromatic carbocycles. The van der Waals surface area contributed by atoms with Crippen LogP contribution in [-0.4, -0.2) is 55.0 Å². The second kappa shape index (κ2) is 6.02. The van der Waals surface area contributed by atoms with Gasteiger partial charge in [-0.3, -0.25) is 4.79 Å². The Labute approximate surface area is 109 Å². The van der Waals surface area contributed by atoms with Crippen LogP contribution in [0.3, 0.4) is 0 Å². The smallest absolute Gasteiger partial charge is 0.240 e. The highest BCUT2D eigenvalue weighted by molar-refractivity contribution is 7.92. The molecular formula is C12H23NO4S. The lowest BCUT2D eigenvalue weighted by Gasteiger charge is -2.36. The molecule has 0 aliphatic carbocycles. The SMILES string of the molecule is C[C@@H]1C[C@H](C)CN(C(=O)[C@@H](C)S(=O)(=O)CCO)C1. The molecule has 0 radical (unpaired) electrons. The van der Waals surface area contributed by atoms with Crippen molar-refractivity contribution < 1.29 is 18.3 Å². The van der Waals surface area contributed by atoms with Gasteiger partial charge in [0.1, 0.15) is 5.25 Å². The molecule has 1 amide bonds. The second-order valence-electron chi connectivity index (χ2n) is 5.42. The summed E-state index contributed by atoms with van der Waals surface area (Å²) in [5.74, 6) is 0.136. The van der Waals surface area contributed by atoms with Gasteiger partial charge in [-0.1, -0.05) is 13.8 Å². The number of hydrogen-bond donors (Lipinski definition) is 1. The van der Waals surface area contributed by atoms with Gasteiger partial charge >= 0.3 is 0 Å². The number of piperidine rings is 1. The van der Waals surface area contributed by atoms with E-state index in [2.05, 4.69) is 13.8 Å². The number of carbonyl (C=O) groups excluding carboxylic acids is 1. The molecule has 18 heavy (non-hydrogen) atoms. The average molecular weight is 277 g/mol. The van der Waals surface area contributed by atoms with Crippen LogP contribution in [0.5, 0.6) is 0 Å². The lowest BCUT2D eigenvalue weighted by molar-refractivity contribution is -0.133. The monoisotopic (exact) mass is 277 g/mol. The summed E-state index contributed by atoms with van der Waals surface area (Å²) in [6, 6.07) is 0. The highest BCUT2D eigenvalue weighted by Gasteiger charge is 2.34. The van der Waals surface area contributed by atoms with Gasteiger partial charge in [-0.15, -0.1) is 0 Å². The maximum atomic E-state index is 12.2. The largest absolute Gasteiger partial charge is 0.395 e. The van der Waals surface area contributed by atoms with Gasteiger partial charge in [-0.2, -0.15) is 0 Å². The summed E-state index contributed by atoms with van der Waals surface area (Å²) in [6.45, 7) is 6.38. The first kappa shape index (κ1) is 15.4. The quantitative estimate of drug-likeness (QED) is 0.801. The van der Waals surface area contributed by atoms with E-state index in [0.717, 1.165) is 6.42 Å². The normalized spacial score (nSPS) is 27.0. The fourth-order valence-corrected chi connectivity index (χ4v) is 3.62. The van der Waals surface area contributed by atoms with Crippen molar-refractivity contribution in [3.05, 3.63) is 0 Å². The van der Waals surface area contributed by atoms with Crippen molar-refractivity contribution in [2.75, 3.05) is 25.4 Å². The van der Waals surface area contributed by atoms with Gasteiger partial charge < -0.3 is 10.0 Å². The number of aliphatic hydroxyl groups excluding tert-OH is 1. The summed E-state index contributed by atoms with van der Waals surface area (Å²) in [4.78, 5) is 13.8. The van der Waals surface area contributed by atoms with E-state index in [1.165, 1.54) is 6.92 Å². The molecule has 1 heterocycles. The van der Waals surface area contributed by atoms with Crippen LogP contribution < -0.4 is 0 Å². The van der Waals surface area contributed by atoms with Crippen molar-refractivity contribution in [2.24, 2.45) is 11.8 Å². The Bertz CT molecular complexity index is 383. The number of aliphatic hydroxyl groups is 1. The van der Waals surface area contributed by atoms with Gasteiger partial charge in [0.05, 0.1) is 12.4 Å². The van der Waals surface area contributed by atoms with Crippen LogP contribution in [0.1, 0.15) is 27.2 Å². The fourth-order valence-electron chi connectivity index (χ4n) is 2.56. The van der Waals surface area contributed by atoms with E-state index < -0.39 is 21.7 Å². The molecule has 106 valence electrons. The Morgan fingerprint density at radius 1 is 1.33 bits per heavy atom. The predicted molar refractivity (Wildman–Crippen MR) is 69.9 cm³/mol. The second-order valence-corrected chi connectivity index (χ2v) is 7.86. The number of nitrogens with zero attached hydrogens (tertiary/aromatic N) is 1. The zero-order valence-electron chi connectivity index (χ0n) is 11.3. The molecule has 5 nitrogen and oxygen atoms in total. The van der Waals surface area contributed by atoms with Crippen LogP contribution in [0, 0.1) is 11.8 Å². The van der Waals surface area contributed by atoms with Crippen LogP contribution >= 0.6 is 0 Å². The summed E-state index contributed by atoms with van der Waals surface area (Å²) in [5.41, 5.74) is 0. The van der Waals surface area contributed by atoms with Gasteiger partial charge in [0, 0.05) is 13.1 Å². The number of likely N-dealkylation sites (tertiary alicyclic amines) is 1. The molecule has 1 rings (SSSR count). The number of rotatable bonds is 4. The minimum Gasteiger partial charge on any atom is -0.395 e. The van der Waals surface area contributed by atoms with Gasteiger partial charge in [-0.25, -0.2) is 8.42 Å². The molecule has 1 aliphatic heterocycles. The maximum Gasteiger partial charge on any atom is 0.240 e. The molecule has 1 N–H and O–H groups in total. The first-order valence-corrected chi connectivity index (χ1v) is 8.10. The zero-order valence-corrected chi connectivity index (χ0v) is 12.1. The molecule has 0 bridgehead atoms. The van der Waals surface area contributed by atoms with Crippen molar-refractivity contribution in [3.8, 4) is 0 Å². The van der Waals surface area contributed by atoms with Crippen molar-refractivity contribution >= 4 is 15.7 Å². The summed E-state index contributed by atoms with van der Waals surface area (Å²) < 4.78 is 23.5. The van der Waals surface area contributed by atoms with E-state index in [4.69, 9.17) is 5.11 Å². The number of carbonyl (C=O) groups is 1. The lowest BCUT2D eigenvalue weighted by Crippen LogP contribution is -2.48. The minimum absolute atomic E-state index is 0.332. The Kier molecular flexibility index (Phi) is 5.16. The predicted octanol–water partition coefficient (Wildman–Crippen LogP) is 0.287. The van der Waals surface area contributed by atoms with E-state index >= 15 is 0 Å².